The van der Waals surface area contributed by atoms with Crippen molar-refractivity contribution in [1.82, 2.24) is 15.0 Å². The predicted octanol–water partition coefficient (Wildman–Crippen LogP) is 2.13. The lowest BCUT2D eigenvalue weighted by atomic mass is 10.7. The van der Waals surface area contributed by atoms with E-state index in [0.717, 1.165) is 15.2 Å². The highest BCUT2D eigenvalue weighted by atomic mass is 32.2. The Labute approximate surface area is 89.8 Å². The number of hydrogen-bond donors (Lipinski definition) is 1. The highest BCUT2D eigenvalue weighted by Crippen LogP contribution is 2.27. The number of rotatable bonds is 3. The average Bonchev–Trinajstić information content (AvgIpc) is 2.71. The Hall–Kier alpha value is -1.14. The first-order valence-electron chi connectivity index (χ1n) is 3.95. The summed E-state index contributed by atoms with van der Waals surface area (Å²) in [6.45, 7) is 0. The standard InChI is InChI=1S/C8H8N4S2/c1-9-6-4-10-5-7(12-6)14-8-11-2-3-13-8/h2-5H,1H3,(H,9,12). The van der Waals surface area contributed by atoms with E-state index in [-0.39, 0.29) is 0 Å². The molecule has 0 fully saturated rings. The lowest BCUT2D eigenvalue weighted by Crippen LogP contribution is -1.93. The first-order valence-corrected chi connectivity index (χ1v) is 5.65. The van der Waals surface area contributed by atoms with Crippen LogP contribution in [0.1, 0.15) is 0 Å². The van der Waals surface area contributed by atoms with Gasteiger partial charge in [-0.2, -0.15) is 0 Å². The minimum atomic E-state index is 0.770. The van der Waals surface area contributed by atoms with E-state index in [9.17, 15) is 0 Å². The van der Waals surface area contributed by atoms with Crippen molar-refractivity contribution < 1.29 is 0 Å². The van der Waals surface area contributed by atoms with Crippen LogP contribution in [0.25, 0.3) is 0 Å². The van der Waals surface area contributed by atoms with E-state index in [1.54, 1.807) is 29.9 Å². The molecule has 1 N–H and O–H groups in total. The quantitative estimate of drug-likeness (QED) is 0.865. The maximum atomic E-state index is 4.32. The van der Waals surface area contributed by atoms with Gasteiger partial charge in [-0.25, -0.2) is 9.97 Å². The number of nitrogens with one attached hydrogen (secondary N) is 1. The molecule has 2 rings (SSSR count). The second-order valence-electron chi connectivity index (χ2n) is 2.39. The lowest BCUT2D eigenvalue weighted by molar-refractivity contribution is 1.05. The van der Waals surface area contributed by atoms with Crippen molar-refractivity contribution in [2.75, 3.05) is 12.4 Å². The highest BCUT2D eigenvalue weighted by molar-refractivity contribution is 8.00. The summed E-state index contributed by atoms with van der Waals surface area (Å²) in [6, 6.07) is 0. The van der Waals surface area contributed by atoms with Crippen LogP contribution in [0.15, 0.2) is 33.3 Å². The van der Waals surface area contributed by atoms with E-state index in [4.69, 9.17) is 0 Å². The molecular formula is C8H8N4S2. The number of anilines is 1. The van der Waals surface area contributed by atoms with Crippen molar-refractivity contribution in [3.05, 3.63) is 24.0 Å². The number of aromatic nitrogens is 3. The average molecular weight is 224 g/mol. The van der Waals surface area contributed by atoms with Gasteiger partial charge in [0.25, 0.3) is 0 Å². The van der Waals surface area contributed by atoms with Crippen molar-refractivity contribution in [3.63, 3.8) is 0 Å². The van der Waals surface area contributed by atoms with Gasteiger partial charge in [-0.1, -0.05) is 0 Å². The molecule has 0 radical (unpaired) electrons. The maximum absolute atomic E-state index is 4.32. The highest BCUT2D eigenvalue weighted by Gasteiger charge is 2.01. The summed E-state index contributed by atoms with van der Waals surface area (Å²) in [5.74, 6) is 0.770. The van der Waals surface area contributed by atoms with E-state index in [1.807, 2.05) is 12.4 Å². The number of thiazole rings is 1. The fourth-order valence-electron chi connectivity index (χ4n) is 0.868. The minimum Gasteiger partial charge on any atom is -0.372 e. The first-order chi connectivity index (χ1) is 6.88. The molecule has 6 heteroatoms. The smallest absolute Gasteiger partial charge is 0.156 e. The van der Waals surface area contributed by atoms with Gasteiger partial charge < -0.3 is 5.32 Å². The van der Waals surface area contributed by atoms with Gasteiger partial charge in [-0.05, 0) is 11.8 Å². The van der Waals surface area contributed by atoms with Crippen molar-refractivity contribution in [2.24, 2.45) is 0 Å². The van der Waals surface area contributed by atoms with Crippen LogP contribution in [-0.4, -0.2) is 22.0 Å². The SMILES string of the molecule is CNc1cncc(Sc2nccs2)n1. The zero-order valence-corrected chi connectivity index (χ0v) is 9.10. The molecule has 4 nitrogen and oxygen atoms in total. The Morgan fingerprint density at radius 3 is 3.07 bits per heavy atom. The molecule has 0 aliphatic carbocycles. The van der Waals surface area contributed by atoms with Crippen molar-refractivity contribution in [1.29, 1.82) is 0 Å². The van der Waals surface area contributed by atoms with Gasteiger partial charge in [0.2, 0.25) is 0 Å². The molecule has 0 saturated carbocycles. The maximum Gasteiger partial charge on any atom is 0.156 e. The van der Waals surface area contributed by atoms with Crippen LogP contribution in [0.2, 0.25) is 0 Å². The van der Waals surface area contributed by atoms with Crippen molar-refractivity contribution in [2.45, 2.75) is 9.37 Å². The minimum absolute atomic E-state index is 0.770. The van der Waals surface area contributed by atoms with Crippen LogP contribution in [0.5, 0.6) is 0 Å². The van der Waals surface area contributed by atoms with Crippen molar-refractivity contribution in [3.8, 4) is 0 Å². The third kappa shape index (κ3) is 2.21. The zero-order chi connectivity index (χ0) is 9.80. The topological polar surface area (TPSA) is 50.7 Å². The molecule has 14 heavy (non-hydrogen) atoms. The Morgan fingerprint density at radius 2 is 2.36 bits per heavy atom. The Morgan fingerprint density at radius 1 is 1.43 bits per heavy atom. The summed E-state index contributed by atoms with van der Waals surface area (Å²) in [5.41, 5.74) is 0. The van der Waals surface area contributed by atoms with Gasteiger partial charge in [0, 0.05) is 18.6 Å². The number of hydrogen-bond acceptors (Lipinski definition) is 6. The van der Waals surface area contributed by atoms with Crippen LogP contribution in [0.4, 0.5) is 5.82 Å². The first kappa shape index (κ1) is 9.42. The van der Waals surface area contributed by atoms with E-state index < -0.39 is 0 Å². The molecule has 2 aromatic heterocycles. The van der Waals surface area contributed by atoms with Gasteiger partial charge in [-0.15, -0.1) is 11.3 Å². The largest absolute Gasteiger partial charge is 0.372 e. The Kier molecular flexibility index (Phi) is 2.95. The molecule has 0 saturated heterocycles. The van der Waals surface area contributed by atoms with E-state index in [2.05, 4.69) is 20.3 Å². The molecule has 0 aromatic carbocycles. The molecule has 72 valence electrons. The molecule has 0 unspecified atom stereocenters. The summed E-state index contributed by atoms with van der Waals surface area (Å²) in [6.07, 6.45) is 5.20. The molecule has 0 bridgehead atoms. The zero-order valence-electron chi connectivity index (χ0n) is 7.47. The fourth-order valence-corrected chi connectivity index (χ4v) is 2.39. The Balaban J connectivity index is 2.17. The van der Waals surface area contributed by atoms with Crippen LogP contribution < -0.4 is 5.32 Å². The van der Waals surface area contributed by atoms with Gasteiger partial charge in [-0.3, -0.25) is 4.98 Å². The van der Waals surface area contributed by atoms with Crippen LogP contribution >= 0.6 is 23.1 Å². The van der Waals surface area contributed by atoms with Gasteiger partial charge in [0.15, 0.2) is 4.34 Å². The molecule has 0 amide bonds. The Bertz CT molecular complexity index is 401. The van der Waals surface area contributed by atoms with E-state index in [0.29, 0.717) is 0 Å². The van der Waals surface area contributed by atoms with Crippen LogP contribution in [0, 0.1) is 0 Å². The van der Waals surface area contributed by atoms with Gasteiger partial charge in [0.1, 0.15) is 10.8 Å². The molecule has 2 aromatic rings. The van der Waals surface area contributed by atoms with Crippen LogP contribution in [0.3, 0.4) is 0 Å². The van der Waals surface area contributed by atoms with E-state index >= 15 is 0 Å². The summed E-state index contributed by atoms with van der Waals surface area (Å²) in [4.78, 5) is 12.5. The van der Waals surface area contributed by atoms with Crippen molar-refractivity contribution >= 4 is 28.9 Å². The summed E-state index contributed by atoms with van der Waals surface area (Å²) in [7, 11) is 1.82. The third-order valence-electron chi connectivity index (χ3n) is 1.47. The fraction of sp³-hybridized carbons (Fsp3) is 0.125. The van der Waals surface area contributed by atoms with E-state index in [1.165, 1.54) is 11.8 Å². The predicted molar refractivity (Wildman–Crippen MR) is 57.8 cm³/mol. The second kappa shape index (κ2) is 4.39. The summed E-state index contributed by atoms with van der Waals surface area (Å²) in [5, 5.41) is 5.74. The second-order valence-corrected chi connectivity index (χ2v) is 4.55. The summed E-state index contributed by atoms with van der Waals surface area (Å²) >= 11 is 3.11. The van der Waals surface area contributed by atoms with Crippen LogP contribution in [-0.2, 0) is 0 Å². The van der Waals surface area contributed by atoms with Gasteiger partial charge >= 0.3 is 0 Å². The molecule has 2 heterocycles. The third-order valence-corrected chi connectivity index (χ3v) is 3.26. The lowest BCUT2D eigenvalue weighted by Gasteiger charge is -1.99. The normalized spacial score (nSPS) is 10.1. The monoisotopic (exact) mass is 224 g/mol. The van der Waals surface area contributed by atoms with Gasteiger partial charge in [0.05, 0.1) is 12.4 Å². The molecule has 0 spiro atoms. The molecular weight excluding hydrogens is 216 g/mol. The molecule has 0 aliphatic rings. The summed E-state index contributed by atoms with van der Waals surface area (Å²) < 4.78 is 0.979. The number of nitrogens with zero attached hydrogens (tertiary/aromatic N) is 3. The molecule has 0 atom stereocenters. The molecule has 0 aliphatic heterocycles.